The van der Waals surface area contributed by atoms with Crippen molar-refractivity contribution in [2.75, 3.05) is 21.3 Å². The number of benzene rings is 3. The van der Waals surface area contributed by atoms with E-state index < -0.39 is 0 Å². The van der Waals surface area contributed by atoms with Gasteiger partial charge in [-0.3, -0.25) is 0 Å². The van der Waals surface area contributed by atoms with Gasteiger partial charge in [-0.2, -0.15) is 0 Å². The second-order valence-electron chi connectivity index (χ2n) is 8.78. The molecule has 3 nitrogen and oxygen atoms in total. The second kappa shape index (κ2) is 10.7. The first kappa shape index (κ1) is 23.7. The molecule has 0 spiro atoms. The van der Waals surface area contributed by atoms with Gasteiger partial charge in [-0.15, -0.1) is 0 Å². The second-order valence-corrected chi connectivity index (χ2v) is 11.9. The zero-order chi connectivity index (χ0) is 23.3. The van der Waals surface area contributed by atoms with E-state index in [1.165, 1.54) is 41.3 Å². The molecule has 1 heterocycles. The van der Waals surface area contributed by atoms with Crippen molar-refractivity contribution < 1.29 is 14.2 Å². The van der Waals surface area contributed by atoms with Crippen molar-refractivity contribution in [3.05, 3.63) is 89.0 Å². The van der Waals surface area contributed by atoms with E-state index in [0.717, 1.165) is 29.2 Å². The average Bonchev–Trinajstić information content (AvgIpc) is 2.88. The van der Waals surface area contributed by atoms with Gasteiger partial charge in [0.15, 0.2) is 0 Å². The molecule has 4 rings (SSSR count). The SMILES string of the molecule is COc1cc(OC)c(C(CC2(c3ccccc3)CCCC[Se]2)c2ccc(C)cc2)c(OC)c1. The molecular formula is C29H34O3Se. The van der Waals surface area contributed by atoms with E-state index >= 15 is 0 Å². The summed E-state index contributed by atoms with van der Waals surface area (Å²) in [6.45, 7) is 2.14. The van der Waals surface area contributed by atoms with Crippen molar-refractivity contribution in [2.45, 2.75) is 48.2 Å². The van der Waals surface area contributed by atoms with Gasteiger partial charge in [0, 0.05) is 0 Å². The van der Waals surface area contributed by atoms with E-state index in [9.17, 15) is 0 Å². The number of aryl methyl sites for hydroxylation is 1. The van der Waals surface area contributed by atoms with E-state index in [0.29, 0.717) is 15.0 Å². The van der Waals surface area contributed by atoms with E-state index in [1.54, 1.807) is 21.3 Å². The summed E-state index contributed by atoms with van der Waals surface area (Å²) in [5, 5.41) is 1.33. The van der Waals surface area contributed by atoms with Crippen LogP contribution in [0.1, 0.15) is 53.9 Å². The Labute approximate surface area is 204 Å². The first-order valence-electron chi connectivity index (χ1n) is 11.7. The van der Waals surface area contributed by atoms with Gasteiger partial charge in [0.2, 0.25) is 0 Å². The van der Waals surface area contributed by atoms with Gasteiger partial charge in [0.1, 0.15) is 0 Å². The van der Waals surface area contributed by atoms with Crippen molar-refractivity contribution in [1.82, 2.24) is 0 Å². The Morgan fingerprint density at radius 3 is 2.06 bits per heavy atom. The molecule has 2 atom stereocenters. The van der Waals surface area contributed by atoms with Gasteiger partial charge in [-0.25, -0.2) is 0 Å². The topological polar surface area (TPSA) is 27.7 Å². The van der Waals surface area contributed by atoms with E-state index in [2.05, 4.69) is 61.5 Å². The monoisotopic (exact) mass is 510 g/mol. The Morgan fingerprint density at radius 1 is 0.848 bits per heavy atom. The molecule has 174 valence electrons. The molecule has 1 aliphatic rings. The fraction of sp³-hybridized carbons (Fsp3) is 0.379. The molecule has 3 aromatic carbocycles. The Hall–Kier alpha value is -2.42. The first-order chi connectivity index (χ1) is 16.1. The van der Waals surface area contributed by atoms with Crippen LogP contribution in [0.3, 0.4) is 0 Å². The summed E-state index contributed by atoms with van der Waals surface area (Å²) in [6, 6.07) is 24.1. The van der Waals surface area contributed by atoms with Crippen molar-refractivity contribution in [1.29, 1.82) is 0 Å². The fourth-order valence-corrected chi connectivity index (χ4v) is 8.38. The molecule has 0 bridgehead atoms. The van der Waals surface area contributed by atoms with Crippen LogP contribution >= 0.6 is 0 Å². The minimum absolute atomic E-state index is 0.154. The Balaban J connectivity index is 1.89. The summed E-state index contributed by atoms with van der Waals surface area (Å²) in [5.41, 5.74) is 5.17. The van der Waals surface area contributed by atoms with Crippen molar-refractivity contribution in [3.8, 4) is 17.2 Å². The molecule has 0 amide bonds. The molecule has 3 aromatic rings. The molecule has 0 aliphatic carbocycles. The standard InChI is InChI=1S/C29H34O3Se/c1-21-12-14-22(15-13-21)25(28-26(31-3)18-24(30-2)19-27(28)32-4)20-29(16-8-9-17-33-29)23-10-6-5-7-11-23/h5-7,10-15,18-19,25H,8-9,16-17,20H2,1-4H3. The minimum atomic E-state index is 0.154. The summed E-state index contributed by atoms with van der Waals surface area (Å²) in [7, 11) is 5.16. The molecule has 1 aliphatic heterocycles. The molecular weight excluding hydrogens is 475 g/mol. The van der Waals surface area contributed by atoms with E-state index in [-0.39, 0.29) is 10.2 Å². The molecule has 2 unspecified atom stereocenters. The van der Waals surface area contributed by atoms with Gasteiger partial charge in [0.25, 0.3) is 0 Å². The van der Waals surface area contributed by atoms with Crippen LogP contribution in [-0.2, 0) is 4.31 Å². The summed E-state index contributed by atoms with van der Waals surface area (Å²) in [4.78, 5) is 0. The Bertz CT molecular complexity index is 1020. The molecule has 0 N–H and O–H groups in total. The predicted octanol–water partition coefficient (Wildman–Crippen LogP) is 6.74. The fourth-order valence-electron chi connectivity index (χ4n) is 4.99. The zero-order valence-electron chi connectivity index (χ0n) is 20.1. The summed E-state index contributed by atoms with van der Waals surface area (Å²) in [5.74, 6) is 2.54. The molecule has 0 aromatic heterocycles. The van der Waals surface area contributed by atoms with Gasteiger partial charge in [0.05, 0.1) is 0 Å². The van der Waals surface area contributed by atoms with Crippen LogP contribution in [0.15, 0.2) is 66.7 Å². The van der Waals surface area contributed by atoms with E-state index in [4.69, 9.17) is 14.2 Å². The summed E-state index contributed by atoms with van der Waals surface area (Å²) < 4.78 is 17.6. The first-order valence-corrected chi connectivity index (χ1v) is 13.7. The third-order valence-corrected chi connectivity index (χ3v) is 10.2. The van der Waals surface area contributed by atoms with Gasteiger partial charge < -0.3 is 0 Å². The normalized spacial score (nSPS) is 19.0. The van der Waals surface area contributed by atoms with Crippen LogP contribution in [0.2, 0.25) is 5.32 Å². The average molecular weight is 510 g/mol. The molecule has 4 heteroatoms. The van der Waals surface area contributed by atoms with Crippen LogP contribution in [-0.4, -0.2) is 36.3 Å². The van der Waals surface area contributed by atoms with Gasteiger partial charge in [-0.05, 0) is 0 Å². The Kier molecular flexibility index (Phi) is 7.67. The molecule has 33 heavy (non-hydrogen) atoms. The molecule has 1 saturated heterocycles. The van der Waals surface area contributed by atoms with Crippen LogP contribution in [0.4, 0.5) is 0 Å². The number of hydrogen-bond acceptors (Lipinski definition) is 3. The molecule has 1 fully saturated rings. The number of rotatable bonds is 8. The Morgan fingerprint density at radius 2 is 1.52 bits per heavy atom. The number of ether oxygens (including phenoxy) is 3. The maximum atomic E-state index is 5.93. The quantitative estimate of drug-likeness (QED) is 0.315. The third-order valence-electron chi connectivity index (χ3n) is 6.77. The van der Waals surface area contributed by atoms with Crippen LogP contribution in [0.25, 0.3) is 0 Å². The van der Waals surface area contributed by atoms with Crippen LogP contribution < -0.4 is 14.2 Å². The van der Waals surface area contributed by atoms with Crippen molar-refractivity contribution >= 4 is 15.0 Å². The van der Waals surface area contributed by atoms with Crippen LogP contribution in [0.5, 0.6) is 17.2 Å². The summed E-state index contributed by atoms with van der Waals surface area (Å²) in [6.07, 6.45) is 4.91. The number of methoxy groups -OCH3 is 3. The van der Waals surface area contributed by atoms with Crippen LogP contribution in [0, 0.1) is 6.92 Å². The maximum absolute atomic E-state index is 5.93. The van der Waals surface area contributed by atoms with Crippen molar-refractivity contribution in [3.63, 3.8) is 0 Å². The predicted molar refractivity (Wildman–Crippen MR) is 136 cm³/mol. The zero-order valence-corrected chi connectivity index (χ0v) is 21.8. The summed E-state index contributed by atoms with van der Waals surface area (Å²) >= 11 is 0.530. The van der Waals surface area contributed by atoms with E-state index in [1.807, 2.05) is 12.1 Å². The van der Waals surface area contributed by atoms with Gasteiger partial charge >= 0.3 is 205 Å². The molecule has 0 radical (unpaired) electrons. The number of hydrogen-bond donors (Lipinski definition) is 0. The van der Waals surface area contributed by atoms with Crippen molar-refractivity contribution in [2.24, 2.45) is 0 Å². The molecule has 0 saturated carbocycles. The van der Waals surface area contributed by atoms with Gasteiger partial charge in [-0.1, -0.05) is 0 Å². The third kappa shape index (κ3) is 5.08.